The Morgan fingerprint density at radius 3 is 2.50 bits per heavy atom. The maximum Gasteiger partial charge on any atom is 0.409 e. The molecule has 1 radical (unpaired) electrons. The number of likely N-dealkylation sites (N-methyl/N-ethyl adjacent to an activating group) is 1. The van der Waals surface area contributed by atoms with Crippen molar-refractivity contribution in [2.45, 2.75) is 141 Å². The zero-order valence-corrected chi connectivity index (χ0v) is 37.1. The summed E-state index contributed by atoms with van der Waals surface area (Å²) >= 11 is 4.25. The Labute approximate surface area is 352 Å². The minimum Gasteiger partial charge on any atom is -0.457 e. The third-order valence-electron chi connectivity index (χ3n) is 11.2. The van der Waals surface area contributed by atoms with Gasteiger partial charge in [0, 0.05) is 71.5 Å². The third kappa shape index (κ3) is 11.9. The van der Waals surface area contributed by atoms with Gasteiger partial charge in [-0.1, -0.05) is 75.9 Å². The summed E-state index contributed by atoms with van der Waals surface area (Å²) < 4.78 is 18.1. The molecule has 2 saturated heterocycles. The van der Waals surface area contributed by atoms with Gasteiger partial charge in [0.25, 0.3) is 0 Å². The fourth-order valence-electron chi connectivity index (χ4n) is 7.31. The van der Waals surface area contributed by atoms with E-state index in [2.05, 4.69) is 24.0 Å². The molecule has 8 unspecified atom stereocenters. The van der Waals surface area contributed by atoms with Crippen LogP contribution in [0.5, 0.6) is 0 Å². The molecule has 4 rings (SSSR count). The number of alkyl carbamates (subject to hydrolysis) is 1. The van der Waals surface area contributed by atoms with Crippen LogP contribution in [0.1, 0.15) is 104 Å². The first-order valence-electron chi connectivity index (χ1n) is 19.1. The summed E-state index contributed by atoms with van der Waals surface area (Å²) in [7, 11) is 3.27. The molecule has 2 N–H and O–H groups in total. The number of hydrogen-bond acceptors (Lipinski definition) is 9. The smallest absolute Gasteiger partial charge is 0.409 e. The van der Waals surface area contributed by atoms with Crippen LogP contribution in [0, 0.1) is 24.8 Å². The maximum atomic E-state index is 14.0. The number of anilines is 1. The second-order valence-electron chi connectivity index (χ2n) is 15.6. The number of unbranched alkanes of at least 4 members (excludes halogenated alkanes) is 5. The Morgan fingerprint density at radius 1 is 1.15 bits per heavy atom. The summed E-state index contributed by atoms with van der Waals surface area (Å²) in [6, 6.07) is 6.33. The van der Waals surface area contributed by atoms with Gasteiger partial charge in [-0.15, -0.1) is 6.07 Å². The topological polar surface area (TPSA) is 138 Å². The standard InChI is InChI=1S/C41H60N3O8S.Y/c1-26-16-15-17-28(3)41(49)25-33(50-39(48)42-41)29(4)37-40(6,52-37)34(24-36(46)44(8)32-22-27(2)21-31(20-26)23-32)51-38(47)30(5)43(7)35(45)18-13-11-9-10-12-14-19-53;/h15-17,21,23,28-30,33-34,37,49,53H,9-14,18-20,24-25H2,1-8H3,(H,42,48);/q-1;/b17-15+,26-16+;. The minimum absolute atomic E-state index is 0. The van der Waals surface area contributed by atoms with Gasteiger partial charge in [0.05, 0.1) is 12.5 Å². The van der Waals surface area contributed by atoms with Gasteiger partial charge >= 0.3 is 12.1 Å². The molecule has 4 bridgehead atoms. The predicted octanol–water partition coefficient (Wildman–Crippen LogP) is 6.24. The number of thiol groups is 1. The van der Waals surface area contributed by atoms with Gasteiger partial charge in [-0.2, -0.15) is 35.9 Å². The average Bonchev–Trinajstić information content (AvgIpc) is 3.80. The molecule has 13 heteroatoms. The van der Waals surface area contributed by atoms with Gasteiger partial charge < -0.3 is 29.1 Å². The molecular formula is C41H60N3O8SY-. The van der Waals surface area contributed by atoms with Gasteiger partial charge in [-0.3, -0.25) is 14.9 Å². The molecular weight excluding hydrogens is 783 g/mol. The van der Waals surface area contributed by atoms with E-state index in [1.165, 1.54) is 9.80 Å². The summed E-state index contributed by atoms with van der Waals surface area (Å²) in [5.74, 6) is -1.11. The maximum absolute atomic E-state index is 14.0. The number of fused-ring (bicyclic) bond motifs is 5. The van der Waals surface area contributed by atoms with Crippen molar-refractivity contribution in [3.05, 3.63) is 53.1 Å². The molecule has 11 nitrogen and oxygen atoms in total. The van der Waals surface area contributed by atoms with E-state index in [9.17, 15) is 24.3 Å². The molecule has 1 aromatic carbocycles. The summed E-state index contributed by atoms with van der Waals surface area (Å²) in [5.41, 5.74) is 0.812. The van der Waals surface area contributed by atoms with E-state index in [0.717, 1.165) is 61.0 Å². The summed E-state index contributed by atoms with van der Waals surface area (Å²) in [6.07, 6.45) is 9.53. The number of nitrogens with one attached hydrogen (secondary N) is 1. The van der Waals surface area contributed by atoms with Crippen LogP contribution in [-0.2, 0) is 67.7 Å². The molecule has 3 aliphatic rings. The molecule has 8 atom stereocenters. The first-order chi connectivity index (χ1) is 25.0. The zero-order valence-electron chi connectivity index (χ0n) is 33.4. The molecule has 54 heavy (non-hydrogen) atoms. The number of esters is 1. The van der Waals surface area contributed by atoms with Crippen molar-refractivity contribution < 1.29 is 71.2 Å². The predicted molar refractivity (Wildman–Crippen MR) is 208 cm³/mol. The van der Waals surface area contributed by atoms with Crippen molar-refractivity contribution in [1.29, 1.82) is 0 Å². The first kappa shape index (κ1) is 46.1. The third-order valence-corrected chi connectivity index (χ3v) is 11.5. The molecule has 3 heterocycles. The van der Waals surface area contributed by atoms with E-state index in [0.29, 0.717) is 18.5 Å². The van der Waals surface area contributed by atoms with Crippen LogP contribution in [0.15, 0.2) is 35.9 Å². The van der Waals surface area contributed by atoms with E-state index in [4.69, 9.17) is 14.2 Å². The number of aliphatic hydroxyl groups is 1. The van der Waals surface area contributed by atoms with Crippen molar-refractivity contribution in [2.24, 2.45) is 11.8 Å². The Kier molecular flexibility index (Phi) is 17.3. The quantitative estimate of drug-likeness (QED) is 0.0784. The largest absolute Gasteiger partial charge is 0.457 e. The molecule has 0 aliphatic carbocycles. The second kappa shape index (κ2) is 20.3. The number of nitrogens with zero attached hydrogens (tertiary/aromatic N) is 2. The Balaban J connectivity index is 0.00000784. The van der Waals surface area contributed by atoms with Gasteiger partial charge in [0.1, 0.15) is 29.6 Å². The monoisotopic (exact) mass is 843 g/mol. The zero-order chi connectivity index (χ0) is 39.1. The molecule has 297 valence electrons. The number of amides is 3. The Hall–Kier alpha value is -2.25. The van der Waals surface area contributed by atoms with E-state index in [1.54, 1.807) is 27.9 Å². The Morgan fingerprint density at radius 2 is 1.81 bits per heavy atom. The van der Waals surface area contributed by atoms with Crippen LogP contribution in [0.3, 0.4) is 0 Å². The first-order valence-corrected chi connectivity index (χ1v) is 19.7. The van der Waals surface area contributed by atoms with E-state index < -0.39 is 59.6 Å². The average molecular weight is 844 g/mol. The number of benzene rings is 1. The number of aryl methyl sites for hydroxylation is 1. The molecule has 0 saturated carbocycles. The SMILES string of the molecule is C/C1=C\C=C\C(C)C2(O)CC(OC(=O)N2)C(C)C2OC2(C)C(OC(=O)C(C)N(C)C(=O)CCCCCCCCS)CC(=O)N(C)c2[c-]c(C)cc(c2)C1.[Y]. The summed E-state index contributed by atoms with van der Waals surface area (Å²) in [5, 5.41) is 14.3. The van der Waals surface area contributed by atoms with Crippen LogP contribution in [-0.4, -0.2) is 89.4 Å². The summed E-state index contributed by atoms with van der Waals surface area (Å²) in [4.78, 5) is 56.6. The minimum atomic E-state index is -1.58. The van der Waals surface area contributed by atoms with E-state index in [-0.39, 0.29) is 57.4 Å². The van der Waals surface area contributed by atoms with Crippen molar-refractivity contribution in [3.63, 3.8) is 0 Å². The molecule has 1 aromatic rings. The number of allylic oxidation sites excluding steroid dienone is 3. The van der Waals surface area contributed by atoms with Crippen molar-refractivity contribution >= 4 is 42.2 Å². The molecule has 0 aromatic heterocycles. The second-order valence-corrected chi connectivity index (χ2v) is 16.0. The van der Waals surface area contributed by atoms with Crippen LogP contribution in [0.4, 0.5) is 10.5 Å². The van der Waals surface area contributed by atoms with Crippen molar-refractivity contribution in [1.82, 2.24) is 10.2 Å². The Bertz CT molecular complexity index is 1560. The molecule has 0 spiro atoms. The number of carbonyl (C=O) groups excluding carboxylic acids is 4. The van der Waals surface area contributed by atoms with Gasteiger partial charge in [-0.05, 0) is 45.8 Å². The number of rotatable bonds is 11. The number of ether oxygens (including phenoxy) is 3. The van der Waals surface area contributed by atoms with Gasteiger partial charge in [0.2, 0.25) is 11.8 Å². The van der Waals surface area contributed by atoms with Gasteiger partial charge in [-0.25, -0.2) is 9.59 Å². The summed E-state index contributed by atoms with van der Waals surface area (Å²) in [6.45, 7) is 11.0. The molecule has 2 fully saturated rings. The van der Waals surface area contributed by atoms with E-state index in [1.807, 2.05) is 58.1 Å². The van der Waals surface area contributed by atoms with Crippen LogP contribution < -0.4 is 10.2 Å². The van der Waals surface area contributed by atoms with Crippen LogP contribution in [0.25, 0.3) is 0 Å². The number of hydrogen-bond donors (Lipinski definition) is 3. The molecule has 3 amide bonds. The fraction of sp³-hybridized carbons (Fsp3) is 0.659. The number of epoxide rings is 1. The van der Waals surface area contributed by atoms with Crippen LogP contribution >= 0.6 is 12.6 Å². The number of carbonyl (C=O) groups is 4. The van der Waals surface area contributed by atoms with Gasteiger partial charge in [0.15, 0.2) is 0 Å². The molecule has 3 aliphatic heterocycles. The fourth-order valence-corrected chi connectivity index (χ4v) is 7.54. The van der Waals surface area contributed by atoms with E-state index >= 15 is 0 Å². The van der Waals surface area contributed by atoms with Crippen LogP contribution in [0.2, 0.25) is 0 Å². The normalized spacial score (nSPS) is 30.7. The van der Waals surface area contributed by atoms with Crippen molar-refractivity contribution in [3.8, 4) is 0 Å². The van der Waals surface area contributed by atoms with Crippen molar-refractivity contribution in [2.75, 3.05) is 24.7 Å².